The summed E-state index contributed by atoms with van der Waals surface area (Å²) >= 11 is 0. The summed E-state index contributed by atoms with van der Waals surface area (Å²) in [5, 5.41) is 12.6. The van der Waals surface area contributed by atoms with E-state index in [0.29, 0.717) is 49.1 Å². The predicted molar refractivity (Wildman–Crippen MR) is 73.8 cm³/mol. The number of carbonyl (C=O) groups is 1. The number of hydrogen-bond acceptors (Lipinski definition) is 6. The minimum absolute atomic E-state index is 0.134. The largest absolute Gasteiger partial charge is 0.492 e. The molecule has 0 bridgehead atoms. The van der Waals surface area contributed by atoms with E-state index in [2.05, 4.69) is 5.16 Å². The van der Waals surface area contributed by atoms with Gasteiger partial charge in [-0.1, -0.05) is 5.16 Å². The molecule has 0 spiro atoms. The van der Waals surface area contributed by atoms with Crippen LogP contribution in [0.15, 0.2) is 10.6 Å². The summed E-state index contributed by atoms with van der Waals surface area (Å²) in [6, 6.07) is 1.41. The summed E-state index contributed by atoms with van der Waals surface area (Å²) in [4.78, 5) is 11.0. The lowest BCUT2D eigenvalue weighted by atomic mass is 9.96. The van der Waals surface area contributed by atoms with Crippen LogP contribution in [0.4, 0.5) is 0 Å². The Bertz CT molecular complexity index is 744. The van der Waals surface area contributed by atoms with E-state index < -0.39 is 5.97 Å². The number of methoxy groups -OCH3 is 1. The highest BCUT2D eigenvalue weighted by Gasteiger charge is 2.34. The van der Waals surface area contributed by atoms with E-state index in [4.69, 9.17) is 23.8 Å². The molecule has 1 aromatic carbocycles. The van der Waals surface area contributed by atoms with Crippen molar-refractivity contribution < 1.29 is 28.6 Å². The quantitative estimate of drug-likeness (QED) is 0.926. The SMILES string of the molecule is COc1c2c(c(-c3cc(C(=O)O)no3)c3c1OCC3)OCC2. The number of benzene rings is 1. The topological polar surface area (TPSA) is 91.0 Å². The fourth-order valence-corrected chi connectivity index (χ4v) is 3.04. The first-order chi connectivity index (χ1) is 10.7. The zero-order valence-electron chi connectivity index (χ0n) is 11.8. The minimum atomic E-state index is -1.13. The molecule has 0 fully saturated rings. The van der Waals surface area contributed by atoms with Crippen LogP contribution in [0.3, 0.4) is 0 Å². The van der Waals surface area contributed by atoms with Crippen molar-refractivity contribution in [3.8, 4) is 28.6 Å². The number of aromatic nitrogens is 1. The van der Waals surface area contributed by atoms with E-state index in [-0.39, 0.29) is 5.69 Å². The van der Waals surface area contributed by atoms with Gasteiger partial charge in [-0.25, -0.2) is 4.79 Å². The summed E-state index contributed by atoms with van der Waals surface area (Å²) in [6.07, 6.45) is 1.39. The van der Waals surface area contributed by atoms with E-state index in [1.165, 1.54) is 6.07 Å². The van der Waals surface area contributed by atoms with Gasteiger partial charge in [-0.3, -0.25) is 0 Å². The van der Waals surface area contributed by atoms with Gasteiger partial charge in [0.2, 0.25) is 0 Å². The molecule has 7 nitrogen and oxygen atoms in total. The number of nitrogens with zero attached hydrogens (tertiary/aromatic N) is 1. The number of rotatable bonds is 3. The molecule has 0 aliphatic carbocycles. The Kier molecular flexibility index (Phi) is 2.75. The third-order valence-corrected chi connectivity index (χ3v) is 3.93. The highest BCUT2D eigenvalue weighted by Crippen LogP contribution is 2.52. The zero-order valence-corrected chi connectivity index (χ0v) is 11.8. The molecule has 0 atom stereocenters. The summed E-state index contributed by atoms with van der Waals surface area (Å²) < 4.78 is 22.2. The number of carboxylic acid groups (broad SMARTS) is 1. The number of carboxylic acids is 1. The van der Waals surface area contributed by atoms with E-state index >= 15 is 0 Å². The number of ether oxygens (including phenoxy) is 3. The van der Waals surface area contributed by atoms with Crippen LogP contribution in [0, 0.1) is 0 Å². The predicted octanol–water partition coefficient (Wildman–Crippen LogP) is 1.92. The molecule has 114 valence electrons. The number of aromatic carboxylic acids is 1. The highest BCUT2D eigenvalue weighted by molar-refractivity contribution is 5.88. The van der Waals surface area contributed by atoms with Gasteiger partial charge < -0.3 is 23.8 Å². The normalized spacial score (nSPS) is 15.0. The van der Waals surface area contributed by atoms with E-state index in [1.807, 2.05) is 0 Å². The molecule has 0 unspecified atom stereocenters. The third kappa shape index (κ3) is 1.68. The fourth-order valence-electron chi connectivity index (χ4n) is 3.04. The Hall–Kier alpha value is -2.70. The Morgan fingerprint density at radius 2 is 1.95 bits per heavy atom. The van der Waals surface area contributed by atoms with Gasteiger partial charge in [0.05, 0.1) is 25.9 Å². The molecule has 2 aliphatic rings. The van der Waals surface area contributed by atoms with Crippen LogP contribution >= 0.6 is 0 Å². The van der Waals surface area contributed by atoms with Crippen molar-refractivity contribution in [3.63, 3.8) is 0 Å². The van der Waals surface area contributed by atoms with Gasteiger partial charge in [0.1, 0.15) is 5.75 Å². The van der Waals surface area contributed by atoms with Crippen molar-refractivity contribution >= 4 is 5.97 Å². The molecular formula is C15H13NO6. The first-order valence-electron chi connectivity index (χ1n) is 6.92. The third-order valence-electron chi connectivity index (χ3n) is 3.93. The molecular weight excluding hydrogens is 290 g/mol. The molecule has 7 heteroatoms. The van der Waals surface area contributed by atoms with Crippen molar-refractivity contribution in [2.24, 2.45) is 0 Å². The second-order valence-corrected chi connectivity index (χ2v) is 5.10. The first kappa shape index (κ1) is 13.0. The maximum absolute atomic E-state index is 11.0. The lowest BCUT2D eigenvalue weighted by Gasteiger charge is -2.14. The summed E-state index contributed by atoms with van der Waals surface area (Å²) in [5.74, 6) is 1.31. The highest BCUT2D eigenvalue weighted by atomic mass is 16.5. The molecule has 2 aromatic rings. The molecule has 3 heterocycles. The van der Waals surface area contributed by atoms with Gasteiger partial charge in [0.15, 0.2) is 23.0 Å². The van der Waals surface area contributed by atoms with Crippen LogP contribution in [-0.2, 0) is 12.8 Å². The van der Waals surface area contributed by atoms with Crippen molar-refractivity contribution in [1.29, 1.82) is 0 Å². The molecule has 0 saturated carbocycles. The Balaban J connectivity index is 1.98. The average molecular weight is 303 g/mol. The molecule has 1 aromatic heterocycles. The molecule has 1 N–H and O–H groups in total. The second-order valence-electron chi connectivity index (χ2n) is 5.10. The van der Waals surface area contributed by atoms with Crippen LogP contribution < -0.4 is 14.2 Å². The van der Waals surface area contributed by atoms with Gasteiger partial charge >= 0.3 is 5.97 Å². The van der Waals surface area contributed by atoms with Crippen molar-refractivity contribution in [2.45, 2.75) is 12.8 Å². The van der Waals surface area contributed by atoms with Crippen LogP contribution in [0.5, 0.6) is 17.2 Å². The molecule has 0 amide bonds. The number of hydrogen-bond donors (Lipinski definition) is 1. The van der Waals surface area contributed by atoms with Crippen LogP contribution in [0.1, 0.15) is 21.6 Å². The Labute approximate surface area is 125 Å². The van der Waals surface area contributed by atoms with E-state index in [1.54, 1.807) is 7.11 Å². The maximum Gasteiger partial charge on any atom is 0.358 e. The Morgan fingerprint density at radius 1 is 1.23 bits per heavy atom. The second kappa shape index (κ2) is 4.66. The van der Waals surface area contributed by atoms with Crippen LogP contribution in [-0.4, -0.2) is 36.6 Å². The average Bonchev–Trinajstić information content (AvgIpc) is 3.23. The van der Waals surface area contributed by atoms with Gasteiger partial charge in [0.25, 0.3) is 0 Å². The van der Waals surface area contributed by atoms with Gasteiger partial charge in [-0.05, 0) is 0 Å². The first-order valence-corrected chi connectivity index (χ1v) is 6.92. The monoisotopic (exact) mass is 303 g/mol. The summed E-state index contributed by atoms with van der Waals surface area (Å²) in [5.41, 5.74) is 2.42. The molecule has 0 radical (unpaired) electrons. The lowest BCUT2D eigenvalue weighted by molar-refractivity contribution is 0.0686. The molecule has 0 saturated heterocycles. The molecule has 22 heavy (non-hydrogen) atoms. The summed E-state index contributed by atoms with van der Waals surface area (Å²) in [7, 11) is 1.60. The van der Waals surface area contributed by atoms with Gasteiger partial charge in [-0.2, -0.15) is 0 Å². The van der Waals surface area contributed by atoms with Gasteiger partial charge in [0, 0.05) is 30.0 Å². The lowest BCUT2D eigenvalue weighted by Crippen LogP contribution is -1.96. The van der Waals surface area contributed by atoms with Crippen molar-refractivity contribution in [3.05, 3.63) is 22.9 Å². The number of fused-ring (bicyclic) bond motifs is 2. The molecule has 4 rings (SSSR count). The van der Waals surface area contributed by atoms with E-state index in [9.17, 15) is 4.79 Å². The van der Waals surface area contributed by atoms with Gasteiger partial charge in [-0.15, -0.1) is 0 Å². The fraction of sp³-hybridized carbons (Fsp3) is 0.333. The minimum Gasteiger partial charge on any atom is -0.492 e. The maximum atomic E-state index is 11.0. The van der Waals surface area contributed by atoms with Crippen LogP contribution in [0.25, 0.3) is 11.3 Å². The van der Waals surface area contributed by atoms with Crippen molar-refractivity contribution in [2.75, 3.05) is 20.3 Å². The standard InChI is InChI=1S/C15H13NO6/c1-19-13-8-3-5-20-12(8)11(7-2-4-21-14(7)13)10-6-9(15(17)18)16-22-10/h6H,2-5H2,1H3,(H,17,18). The van der Waals surface area contributed by atoms with E-state index in [0.717, 1.165) is 16.7 Å². The van der Waals surface area contributed by atoms with Crippen LogP contribution in [0.2, 0.25) is 0 Å². The summed E-state index contributed by atoms with van der Waals surface area (Å²) in [6.45, 7) is 1.09. The molecule has 2 aliphatic heterocycles. The zero-order chi connectivity index (χ0) is 15.3. The smallest absolute Gasteiger partial charge is 0.358 e. The Morgan fingerprint density at radius 3 is 2.64 bits per heavy atom. The van der Waals surface area contributed by atoms with Crippen molar-refractivity contribution in [1.82, 2.24) is 5.16 Å².